The normalized spacial score (nSPS) is 19.9. The molecule has 0 N–H and O–H groups in total. The lowest BCUT2D eigenvalue weighted by molar-refractivity contribution is -0.114. The summed E-state index contributed by atoms with van der Waals surface area (Å²) in [5.74, 6) is 0.214. The topological polar surface area (TPSA) is 29.5 Å². The minimum absolute atomic E-state index is 0.0518. The number of thioether (sulfide) groups is 1. The molecule has 0 radical (unpaired) electrons. The summed E-state index contributed by atoms with van der Waals surface area (Å²) in [6.45, 7) is 5.26. The highest BCUT2D eigenvalue weighted by Crippen LogP contribution is 2.25. The van der Waals surface area contributed by atoms with Gasteiger partial charge in [-0.1, -0.05) is 19.1 Å². The lowest BCUT2D eigenvalue weighted by atomic mass is 9.93. The predicted octanol–water partition coefficient (Wildman–Crippen LogP) is 2.41. The lowest BCUT2D eigenvalue weighted by Gasteiger charge is -2.34. The molecular weight excluding hydrogens is 258 g/mol. The summed E-state index contributed by atoms with van der Waals surface area (Å²) in [4.78, 5) is 14.9. The molecule has 0 amide bonds. The van der Waals surface area contributed by atoms with E-state index in [1.807, 2.05) is 0 Å². The second kappa shape index (κ2) is 7.08. The van der Waals surface area contributed by atoms with Gasteiger partial charge in [-0.15, -0.1) is 11.8 Å². The quantitative estimate of drug-likeness (QED) is 0.611. The zero-order valence-corrected chi connectivity index (χ0v) is 12.4. The van der Waals surface area contributed by atoms with Gasteiger partial charge in [0.05, 0.1) is 19.3 Å². The summed E-state index contributed by atoms with van der Waals surface area (Å²) >= 11 is 1.73. The van der Waals surface area contributed by atoms with Crippen molar-refractivity contribution in [1.82, 2.24) is 4.90 Å². The molecule has 104 valence electrons. The minimum Gasteiger partial charge on any atom is -0.379 e. The summed E-state index contributed by atoms with van der Waals surface area (Å²) in [6.07, 6.45) is 3.15. The van der Waals surface area contributed by atoms with E-state index in [-0.39, 0.29) is 12.0 Å². The molecule has 2 atom stereocenters. The van der Waals surface area contributed by atoms with Gasteiger partial charge in [-0.3, -0.25) is 4.90 Å². The second-order valence-electron chi connectivity index (χ2n) is 4.84. The Morgan fingerprint density at radius 1 is 1.26 bits per heavy atom. The van der Waals surface area contributed by atoms with E-state index >= 15 is 0 Å². The zero-order valence-electron chi connectivity index (χ0n) is 11.5. The number of carbonyl (C=O) groups is 1. The molecule has 1 heterocycles. The van der Waals surface area contributed by atoms with Crippen LogP contribution in [0.1, 0.15) is 18.4 Å². The molecule has 1 fully saturated rings. The van der Waals surface area contributed by atoms with Crippen molar-refractivity contribution in [3.05, 3.63) is 29.8 Å². The zero-order chi connectivity index (χ0) is 13.7. The average molecular weight is 279 g/mol. The van der Waals surface area contributed by atoms with Crippen LogP contribution in [0.25, 0.3) is 0 Å². The van der Waals surface area contributed by atoms with Gasteiger partial charge in [0, 0.05) is 23.9 Å². The van der Waals surface area contributed by atoms with Crippen LogP contribution in [0.2, 0.25) is 0 Å². The standard InChI is InChI=1S/C15H21NO2S/c1-12(13-3-5-14(19-2)6-4-13)15(11-17)16-7-9-18-10-8-16/h3-6,11-12,15H,7-10H2,1-2H3. The number of carbonyl (C=O) groups excluding carboxylic acids is 1. The molecule has 1 aromatic carbocycles. The predicted molar refractivity (Wildman–Crippen MR) is 78.9 cm³/mol. The summed E-state index contributed by atoms with van der Waals surface area (Å²) in [5, 5.41) is 0. The molecule has 2 unspecified atom stereocenters. The Bertz CT molecular complexity index is 401. The van der Waals surface area contributed by atoms with E-state index in [9.17, 15) is 4.79 Å². The van der Waals surface area contributed by atoms with Gasteiger partial charge in [-0.25, -0.2) is 0 Å². The van der Waals surface area contributed by atoms with Crippen LogP contribution in [0.5, 0.6) is 0 Å². The van der Waals surface area contributed by atoms with Gasteiger partial charge in [0.1, 0.15) is 6.29 Å². The van der Waals surface area contributed by atoms with E-state index in [1.54, 1.807) is 11.8 Å². The van der Waals surface area contributed by atoms with Crippen LogP contribution in [0, 0.1) is 0 Å². The first-order valence-electron chi connectivity index (χ1n) is 6.67. The summed E-state index contributed by atoms with van der Waals surface area (Å²) < 4.78 is 5.35. The third-order valence-electron chi connectivity index (χ3n) is 3.76. The van der Waals surface area contributed by atoms with Crippen LogP contribution in [0.3, 0.4) is 0 Å². The highest BCUT2D eigenvalue weighted by molar-refractivity contribution is 7.98. The van der Waals surface area contributed by atoms with Crippen molar-refractivity contribution < 1.29 is 9.53 Å². The number of aldehydes is 1. The first-order chi connectivity index (χ1) is 9.26. The fourth-order valence-electron chi connectivity index (χ4n) is 2.50. The van der Waals surface area contributed by atoms with Gasteiger partial charge in [0.25, 0.3) is 0 Å². The van der Waals surface area contributed by atoms with Crippen LogP contribution < -0.4 is 0 Å². The van der Waals surface area contributed by atoms with Crippen molar-refractivity contribution in [3.63, 3.8) is 0 Å². The third-order valence-corrected chi connectivity index (χ3v) is 4.50. The van der Waals surface area contributed by atoms with Gasteiger partial charge >= 0.3 is 0 Å². The van der Waals surface area contributed by atoms with Crippen molar-refractivity contribution in [2.24, 2.45) is 0 Å². The van der Waals surface area contributed by atoms with E-state index < -0.39 is 0 Å². The van der Waals surface area contributed by atoms with Crippen molar-refractivity contribution >= 4 is 18.0 Å². The Morgan fingerprint density at radius 2 is 1.89 bits per heavy atom. The fraction of sp³-hybridized carbons (Fsp3) is 0.533. The van der Waals surface area contributed by atoms with Crippen LogP contribution in [-0.2, 0) is 9.53 Å². The minimum atomic E-state index is -0.0518. The molecular formula is C15H21NO2S. The second-order valence-corrected chi connectivity index (χ2v) is 5.72. The van der Waals surface area contributed by atoms with Gasteiger partial charge in [0.15, 0.2) is 0 Å². The van der Waals surface area contributed by atoms with Gasteiger partial charge in [-0.2, -0.15) is 0 Å². The molecule has 1 aliphatic heterocycles. The number of hydrogen-bond acceptors (Lipinski definition) is 4. The van der Waals surface area contributed by atoms with Crippen molar-refractivity contribution in [2.45, 2.75) is 23.8 Å². The molecule has 1 aliphatic rings. The molecule has 0 aliphatic carbocycles. The largest absolute Gasteiger partial charge is 0.379 e. The maximum atomic E-state index is 11.5. The number of hydrogen-bond donors (Lipinski definition) is 0. The number of rotatable bonds is 5. The molecule has 4 heteroatoms. The highest BCUT2D eigenvalue weighted by atomic mass is 32.2. The third kappa shape index (κ3) is 3.59. The molecule has 19 heavy (non-hydrogen) atoms. The lowest BCUT2D eigenvalue weighted by Crippen LogP contribution is -2.46. The van der Waals surface area contributed by atoms with Crippen LogP contribution in [0.4, 0.5) is 0 Å². The van der Waals surface area contributed by atoms with E-state index in [0.717, 1.165) is 32.6 Å². The molecule has 3 nitrogen and oxygen atoms in total. The summed E-state index contributed by atoms with van der Waals surface area (Å²) in [6, 6.07) is 8.46. The Kier molecular flexibility index (Phi) is 5.43. The van der Waals surface area contributed by atoms with Crippen molar-refractivity contribution in [3.8, 4) is 0 Å². The number of morpholine rings is 1. The van der Waals surface area contributed by atoms with E-state index in [1.165, 1.54) is 10.5 Å². The molecule has 1 aromatic rings. The molecule has 0 saturated carbocycles. The Morgan fingerprint density at radius 3 is 2.42 bits per heavy atom. The fourth-order valence-corrected chi connectivity index (χ4v) is 2.91. The number of benzene rings is 1. The summed E-state index contributed by atoms with van der Waals surface area (Å²) in [5.41, 5.74) is 1.22. The molecule has 0 aromatic heterocycles. The Labute approximate surface area is 119 Å². The molecule has 1 saturated heterocycles. The van der Waals surface area contributed by atoms with Gasteiger partial charge in [0.2, 0.25) is 0 Å². The Hall–Kier alpha value is -0.840. The maximum Gasteiger partial charge on any atom is 0.137 e. The first kappa shape index (κ1) is 14.6. The summed E-state index contributed by atoms with van der Waals surface area (Å²) in [7, 11) is 0. The average Bonchev–Trinajstić information content (AvgIpc) is 2.49. The Balaban J connectivity index is 2.09. The van der Waals surface area contributed by atoms with Crippen molar-refractivity contribution in [1.29, 1.82) is 0 Å². The van der Waals surface area contributed by atoms with Crippen LogP contribution >= 0.6 is 11.8 Å². The first-order valence-corrected chi connectivity index (χ1v) is 7.89. The van der Waals surface area contributed by atoms with Gasteiger partial charge < -0.3 is 9.53 Å². The van der Waals surface area contributed by atoms with Crippen molar-refractivity contribution in [2.75, 3.05) is 32.6 Å². The van der Waals surface area contributed by atoms with E-state index in [0.29, 0.717) is 0 Å². The molecule has 0 bridgehead atoms. The maximum absolute atomic E-state index is 11.5. The molecule has 2 rings (SSSR count). The van der Waals surface area contributed by atoms with Gasteiger partial charge in [-0.05, 0) is 24.0 Å². The monoisotopic (exact) mass is 279 g/mol. The smallest absolute Gasteiger partial charge is 0.137 e. The number of nitrogens with zero attached hydrogens (tertiary/aromatic N) is 1. The SMILES string of the molecule is CSc1ccc(C(C)C(C=O)N2CCOCC2)cc1. The highest BCUT2D eigenvalue weighted by Gasteiger charge is 2.26. The van der Waals surface area contributed by atoms with E-state index in [2.05, 4.69) is 42.3 Å². The molecule has 0 spiro atoms. The van der Waals surface area contributed by atoms with Crippen LogP contribution in [0.15, 0.2) is 29.2 Å². The van der Waals surface area contributed by atoms with Crippen LogP contribution in [-0.4, -0.2) is 49.8 Å². The number of ether oxygens (including phenoxy) is 1. The van der Waals surface area contributed by atoms with E-state index in [4.69, 9.17) is 4.74 Å².